The summed E-state index contributed by atoms with van der Waals surface area (Å²) in [6, 6.07) is 11.9. The number of likely N-dealkylation sites (tertiary alicyclic amines) is 1. The molecule has 0 bridgehead atoms. The molecular weight excluding hydrogens is 356 g/mol. The van der Waals surface area contributed by atoms with Crippen LogP contribution in [0.1, 0.15) is 24.4 Å². The quantitative estimate of drug-likeness (QED) is 0.641. The summed E-state index contributed by atoms with van der Waals surface area (Å²) in [6.45, 7) is 1.41. The molecular formula is C21H20N4O3. The number of carbonyl (C=O) groups is 1. The third-order valence-electron chi connectivity index (χ3n) is 4.95. The van der Waals surface area contributed by atoms with Crippen LogP contribution in [-0.2, 0) is 4.79 Å². The average molecular weight is 376 g/mol. The first-order valence-electron chi connectivity index (χ1n) is 9.26. The van der Waals surface area contributed by atoms with Gasteiger partial charge in [-0.2, -0.15) is 0 Å². The molecule has 7 heteroatoms. The Morgan fingerprint density at radius 2 is 1.57 bits per heavy atom. The van der Waals surface area contributed by atoms with E-state index >= 15 is 0 Å². The Kier molecular flexibility index (Phi) is 4.89. The molecule has 0 saturated carbocycles. The summed E-state index contributed by atoms with van der Waals surface area (Å²) in [5.74, 6) is -0.0911. The molecule has 0 radical (unpaired) electrons. The zero-order valence-corrected chi connectivity index (χ0v) is 15.2. The number of anilines is 3. The van der Waals surface area contributed by atoms with E-state index in [1.165, 1.54) is 0 Å². The smallest absolute Gasteiger partial charge is 0.253 e. The number of hydrogen-bond acceptors (Lipinski definition) is 6. The van der Waals surface area contributed by atoms with Crippen LogP contribution in [0.5, 0.6) is 0 Å². The van der Waals surface area contributed by atoms with Gasteiger partial charge in [-0.05, 0) is 30.5 Å². The Bertz CT molecular complexity index is 1040. The Labute approximate surface area is 161 Å². The fourth-order valence-corrected chi connectivity index (χ4v) is 3.43. The Morgan fingerprint density at radius 3 is 2.25 bits per heavy atom. The molecule has 1 aliphatic heterocycles. The van der Waals surface area contributed by atoms with E-state index < -0.39 is 16.9 Å². The number of nitrogens with zero attached hydrogens (tertiary/aromatic N) is 2. The average Bonchev–Trinajstić information content (AvgIpc) is 3.29. The van der Waals surface area contributed by atoms with Gasteiger partial charge in [0.2, 0.25) is 5.91 Å². The number of nitrogens with one attached hydrogen (secondary N) is 2. The molecule has 0 aliphatic carbocycles. The standard InChI is InChI=1S/C21H20N4O3/c26-19-17(23-15-8-10-22-11-9-15)18(20(19)27)24-16(14-6-2-1-3-7-14)21(28)25-12-4-5-13-25/h1-3,6-11,16,24H,4-5,12-13H2,(H,22,23). The van der Waals surface area contributed by atoms with Gasteiger partial charge in [0.1, 0.15) is 17.4 Å². The summed E-state index contributed by atoms with van der Waals surface area (Å²) >= 11 is 0. The second kappa shape index (κ2) is 7.64. The molecule has 1 amide bonds. The molecule has 2 N–H and O–H groups in total. The van der Waals surface area contributed by atoms with Crippen LogP contribution in [-0.4, -0.2) is 28.9 Å². The molecule has 142 valence electrons. The fourth-order valence-electron chi connectivity index (χ4n) is 3.43. The lowest BCUT2D eigenvalue weighted by Crippen LogP contribution is -2.41. The van der Waals surface area contributed by atoms with Crippen LogP contribution in [0.25, 0.3) is 0 Å². The number of carbonyl (C=O) groups excluding carboxylic acids is 1. The molecule has 0 spiro atoms. The first-order valence-corrected chi connectivity index (χ1v) is 9.26. The summed E-state index contributed by atoms with van der Waals surface area (Å²) in [5.41, 5.74) is 0.496. The van der Waals surface area contributed by atoms with Crippen molar-refractivity contribution in [2.45, 2.75) is 18.9 Å². The van der Waals surface area contributed by atoms with Crippen molar-refractivity contribution in [1.82, 2.24) is 9.88 Å². The van der Waals surface area contributed by atoms with Gasteiger partial charge in [0.05, 0.1) is 0 Å². The highest BCUT2D eigenvalue weighted by molar-refractivity contribution is 5.89. The molecule has 1 aromatic heterocycles. The fraction of sp³-hybridized carbons (Fsp3) is 0.238. The lowest BCUT2D eigenvalue weighted by molar-refractivity contribution is -0.131. The maximum absolute atomic E-state index is 13.1. The van der Waals surface area contributed by atoms with Crippen molar-refractivity contribution in [3.05, 3.63) is 80.9 Å². The molecule has 7 nitrogen and oxygen atoms in total. The predicted octanol–water partition coefficient (Wildman–Crippen LogP) is 2.20. The number of pyridine rings is 1. The zero-order chi connectivity index (χ0) is 19.5. The molecule has 28 heavy (non-hydrogen) atoms. The normalized spacial score (nSPS) is 14.8. The summed E-state index contributed by atoms with van der Waals surface area (Å²) in [4.78, 5) is 43.1. The van der Waals surface area contributed by atoms with Crippen LogP contribution >= 0.6 is 0 Å². The third-order valence-corrected chi connectivity index (χ3v) is 4.95. The van der Waals surface area contributed by atoms with Crippen molar-refractivity contribution in [3.8, 4) is 0 Å². The molecule has 2 heterocycles. The van der Waals surface area contributed by atoms with Gasteiger partial charge in [-0.15, -0.1) is 0 Å². The third kappa shape index (κ3) is 3.38. The van der Waals surface area contributed by atoms with Crippen LogP contribution in [0.15, 0.2) is 64.4 Å². The number of benzene rings is 1. The molecule has 2 aromatic carbocycles. The Hall–Kier alpha value is -3.48. The van der Waals surface area contributed by atoms with Crippen molar-refractivity contribution >= 4 is 23.0 Å². The second-order valence-electron chi connectivity index (χ2n) is 6.79. The van der Waals surface area contributed by atoms with Crippen molar-refractivity contribution in [1.29, 1.82) is 0 Å². The number of rotatable bonds is 6. The lowest BCUT2D eigenvalue weighted by atomic mass is 10.0. The minimum absolute atomic E-state index is 0.0911. The first kappa shape index (κ1) is 17.9. The Balaban J connectivity index is 1.64. The van der Waals surface area contributed by atoms with E-state index in [9.17, 15) is 14.4 Å². The van der Waals surface area contributed by atoms with E-state index in [4.69, 9.17) is 0 Å². The van der Waals surface area contributed by atoms with Crippen LogP contribution in [0.3, 0.4) is 0 Å². The summed E-state index contributed by atoms with van der Waals surface area (Å²) in [7, 11) is 0. The van der Waals surface area contributed by atoms with E-state index in [2.05, 4.69) is 15.6 Å². The summed E-state index contributed by atoms with van der Waals surface area (Å²) in [6.07, 6.45) is 5.12. The van der Waals surface area contributed by atoms with Gasteiger partial charge in [0, 0.05) is 31.2 Å². The van der Waals surface area contributed by atoms with Crippen molar-refractivity contribution in [3.63, 3.8) is 0 Å². The van der Waals surface area contributed by atoms with Gasteiger partial charge >= 0.3 is 0 Å². The Morgan fingerprint density at radius 1 is 0.929 bits per heavy atom. The number of amides is 1. The maximum Gasteiger partial charge on any atom is 0.253 e. The SMILES string of the molecule is O=C(C(Nc1c(Nc2ccncc2)c(=O)c1=O)c1ccccc1)N1CCCC1. The highest BCUT2D eigenvalue weighted by atomic mass is 16.2. The molecule has 1 unspecified atom stereocenters. The van der Waals surface area contributed by atoms with Gasteiger partial charge < -0.3 is 15.5 Å². The minimum atomic E-state index is -0.722. The topological polar surface area (TPSA) is 91.4 Å². The first-order chi connectivity index (χ1) is 13.6. The zero-order valence-electron chi connectivity index (χ0n) is 15.2. The number of aromatic nitrogens is 1. The number of hydrogen-bond donors (Lipinski definition) is 2. The predicted molar refractivity (Wildman–Crippen MR) is 107 cm³/mol. The van der Waals surface area contributed by atoms with E-state index in [1.807, 2.05) is 30.3 Å². The van der Waals surface area contributed by atoms with Gasteiger partial charge in [0.15, 0.2) is 0 Å². The molecule has 3 aromatic rings. The van der Waals surface area contributed by atoms with E-state index in [0.29, 0.717) is 18.8 Å². The highest BCUT2D eigenvalue weighted by Gasteiger charge is 2.31. The largest absolute Gasteiger partial charge is 0.365 e. The monoisotopic (exact) mass is 376 g/mol. The van der Waals surface area contributed by atoms with Gasteiger partial charge in [-0.3, -0.25) is 19.4 Å². The molecule has 1 aliphatic rings. The van der Waals surface area contributed by atoms with E-state index in [-0.39, 0.29) is 17.3 Å². The van der Waals surface area contributed by atoms with Gasteiger partial charge in [-0.1, -0.05) is 30.3 Å². The minimum Gasteiger partial charge on any atom is -0.365 e. The molecule has 1 fully saturated rings. The lowest BCUT2D eigenvalue weighted by Gasteiger charge is -2.26. The summed E-state index contributed by atoms with van der Waals surface area (Å²) < 4.78 is 0. The van der Waals surface area contributed by atoms with Gasteiger partial charge in [-0.25, -0.2) is 0 Å². The van der Waals surface area contributed by atoms with Crippen molar-refractivity contribution in [2.24, 2.45) is 0 Å². The molecule has 4 rings (SSSR count). The van der Waals surface area contributed by atoms with Crippen molar-refractivity contribution in [2.75, 3.05) is 23.7 Å². The van der Waals surface area contributed by atoms with Crippen molar-refractivity contribution < 1.29 is 4.79 Å². The van der Waals surface area contributed by atoms with Crippen LogP contribution < -0.4 is 21.5 Å². The van der Waals surface area contributed by atoms with Crippen LogP contribution in [0.4, 0.5) is 17.1 Å². The van der Waals surface area contributed by atoms with Gasteiger partial charge in [0.25, 0.3) is 10.9 Å². The maximum atomic E-state index is 13.1. The second-order valence-corrected chi connectivity index (χ2v) is 6.79. The van der Waals surface area contributed by atoms with E-state index in [0.717, 1.165) is 18.4 Å². The summed E-state index contributed by atoms with van der Waals surface area (Å²) in [5, 5.41) is 5.99. The highest BCUT2D eigenvalue weighted by Crippen LogP contribution is 2.27. The van der Waals surface area contributed by atoms with Crippen LogP contribution in [0, 0.1) is 0 Å². The molecule has 1 atom stereocenters. The van der Waals surface area contributed by atoms with Crippen LogP contribution in [0.2, 0.25) is 0 Å². The molecule has 1 saturated heterocycles. The van der Waals surface area contributed by atoms with E-state index in [1.54, 1.807) is 29.4 Å².